The van der Waals surface area contributed by atoms with Crippen molar-refractivity contribution in [3.8, 4) is 11.5 Å². The number of nitrogens with one attached hydrogen (secondary N) is 1. The van der Waals surface area contributed by atoms with Crippen molar-refractivity contribution in [2.24, 2.45) is 0 Å². The van der Waals surface area contributed by atoms with Gasteiger partial charge in [0.15, 0.2) is 6.04 Å². The average Bonchev–Trinajstić information content (AvgIpc) is 2.72. The van der Waals surface area contributed by atoms with Gasteiger partial charge < -0.3 is 24.3 Å². The molecule has 0 fully saturated rings. The van der Waals surface area contributed by atoms with E-state index in [1.807, 2.05) is 37.3 Å². The quantitative estimate of drug-likeness (QED) is 0.630. The van der Waals surface area contributed by atoms with Crippen LogP contribution in [0.3, 0.4) is 0 Å². The second-order valence-corrected chi connectivity index (χ2v) is 5.73. The van der Waals surface area contributed by atoms with E-state index in [4.69, 9.17) is 18.9 Å². The molecule has 2 aromatic carbocycles. The molecular formula is C21H25NO6. The lowest BCUT2D eigenvalue weighted by Crippen LogP contribution is -2.46. The molecule has 0 aliphatic carbocycles. The summed E-state index contributed by atoms with van der Waals surface area (Å²) in [5.41, 5.74) is 0.843. The number of hydrogen-bond acceptors (Lipinski definition) is 6. The standard InChI is InChI=1S/C21H25NO6/c1-3-25-17-10-12-18(13-11-17)27-15-19(20(23)26-4-2)22-21(24)28-14-16-8-6-5-7-9-16/h5-13,19H,3-4,14-15H2,1-2H3,(H,22,24). The van der Waals surface area contributed by atoms with E-state index in [0.717, 1.165) is 11.3 Å². The first kappa shape index (κ1) is 21.1. The van der Waals surface area contributed by atoms with Crippen LogP contribution in [0.2, 0.25) is 0 Å². The molecule has 0 aliphatic heterocycles. The fourth-order valence-corrected chi connectivity index (χ4v) is 2.30. The average molecular weight is 387 g/mol. The van der Waals surface area contributed by atoms with Gasteiger partial charge in [0.2, 0.25) is 0 Å². The summed E-state index contributed by atoms with van der Waals surface area (Å²) in [4.78, 5) is 24.2. The van der Waals surface area contributed by atoms with Crippen molar-refractivity contribution in [1.82, 2.24) is 5.32 Å². The van der Waals surface area contributed by atoms with E-state index in [1.165, 1.54) is 0 Å². The first-order valence-electron chi connectivity index (χ1n) is 9.11. The predicted molar refractivity (Wildman–Crippen MR) is 103 cm³/mol. The van der Waals surface area contributed by atoms with Crippen LogP contribution in [0.1, 0.15) is 19.4 Å². The zero-order chi connectivity index (χ0) is 20.2. The SMILES string of the molecule is CCOC(=O)C(COc1ccc(OCC)cc1)NC(=O)OCc1ccccc1. The largest absolute Gasteiger partial charge is 0.494 e. The van der Waals surface area contributed by atoms with Crippen molar-refractivity contribution >= 4 is 12.1 Å². The zero-order valence-electron chi connectivity index (χ0n) is 16.1. The van der Waals surface area contributed by atoms with E-state index in [1.54, 1.807) is 31.2 Å². The smallest absolute Gasteiger partial charge is 0.408 e. The van der Waals surface area contributed by atoms with Crippen LogP contribution in [-0.4, -0.2) is 37.9 Å². The molecule has 0 heterocycles. The Labute approximate surface area is 164 Å². The third-order valence-corrected chi connectivity index (χ3v) is 3.63. The van der Waals surface area contributed by atoms with Gasteiger partial charge in [-0.15, -0.1) is 0 Å². The second-order valence-electron chi connectivity index (χ2n) is 5.73. The van der Waals surface area contributed by atoms with E-state index in [-0.39, 0.29) is 19.8 Å². The third kappa shape index (κ3) is 7.19. The summed E-state index contributed by atoms with van der Waals surface area (Å²) < 4.78 is 21.1. The number of carbonyl (C=O) groups is 2. The minimum absolute atomic E-state index is 0.0900. The van der Waals surface area contributed by atoms with Crippen molar-refractivity contribution in [1.29, 1.82) is 0 Å². The summed E-state index contributed by atoms with van der Waals surface area (Å²) in [5, 5.41) is 2.49. The van der Waals surface area contributed by atoms with Crippen LogP contribution in [0.25, 0.3) is 0 Å². The molecular weight excluding hydrogens is 362 g/mol. The van der Waals surface area contributed by atoms with Gasteiger partial charge in [0.25, 0.3) is 0 Å². The number of benzene rings is 2. The molecule has 2 rings (SSSR count). The summed E-state index contributed by atoms with van der Waals surface area (Å²) in [7, 11) is 0. The van der Waals surface area contributed by atoms with Crippen LogP contribution in [0.4, 0.5) is 4.79 Å². The lowest BCUT2D eigenvalue weighted by Gasteiger charge is -2.18. The van der Waals surface area contributed by atoms with Gasteiger partial charge in [0, 0.05) is 0 Å². The highest BCUT2D eigenvalue weighted by molar-refractivity contribution is 5.81. The monoisotopic (exact) mass is 387 g/mol. The lowest BCUT2D eigenvalue weighted by molar-refractivity contribution is -0.146. The van der Waals surface area contributed by atoms with Crippen molar-refractivity contribution < 1.29 is 28.5 Å². The molecule has 7 heteroatoms. The zero-order valence-corrected chi connectivity index (χ0v) is 16.1. The molecule has 0 spiro atoms. The molecule has 0 radical (unpaired) electrons. The van der Waals surface area contributed by atoms with Crippen LogP contribution < -0.4 is 14.8 Å². The maximum Gasteiger partial charge on any atom is 0.408 e. The van der Waals surface area contributed by atoms with Crippen molar-refractivity contribution in [2.45, 2.75) is 26.5 Å². The Balaban J connectivity index is 1.89. The molecule has 1 atom stereocenters. The van der Waals surface area contributed by atoms with Gasteiger partial charge in [-0.25, -0.2) is 9.59 Å². The first-order chi connectivity index (χ1) is 13.6. The molecule has 1 N–H and O–H groups in total. The van der Waals surface area contributed by atoms with E-state index in [2.05, 4.69) is 5.32 Å². The van der Waals surface area contributed by atoms with Crippen LogP contribution in [0.5, 0.6) is 11.5 Å². The van der Waals surface area contributed by atoms with Gasteiger partial charge in [-0.05, 0) is 43.7 Å². The van der Waals surface area contributed by atoms with Crippen LogP contribution in [0.15, 0.2) is 54.6 Å². The fraction of sp³-hybridized carbons (Fsp3) is 0.333. The Bertz CT molecular complexity index is 732. The number of esters is 1. The Morgan fingerprint density at radius 2 is 1.50 bits per heavy atom. The Hall–Kier alpha value is -3.22. The molecule has 0 saturated carbocycles. The number of rotatable bonds is 10. The minimum atomic E-state index is -0.991. The van der Waals surface area contributed by atoms with Crippen LogP contribution in [0, 0.1) is 0 Å². The Morgan fingerprint density at radius 3 is 2.11 bits per heavy atom. The Morgan fingerprint density at radius 1 is 0.857 bits per heavy atom. The van der Waals surface area contributed by atoms with E-state index >= 15 is 0 Å². The summed E-state index contributed by atoms with van der Waals surface area (Å²) in [6.45, 7) is 4.36. The third-order valence-electron chi connectivity index (χ3n) is 3.63. The van der Waals surface area contributed by atoms with Gasteiger partial charge in [-0.2, -0.15) is 0 Å². The van der Waals surface area contributed by atoms with E-state index < -0.39 is 18.1 Å². The normalized spacial score (nSPS) is 11.2. The predicted octanol–water partition coefficient (Wildman–Crippen LogP) is 3.32. The van der Waals surface area contributed by atoms with Crippen LogP contribution >= 0.6 is 0 Å². The minimum Gasteiger partial charge on any atom is -0.494 e. The van der Waals surface area contributed by atoms with E-state index in [0.29, 0.717) is 12.4 Å². The highest BCUT2D eigenvalue weighted by Crippen LogP contribution is 2.17. The van der Waals surface area contributed by atoms with Gasteiger partial charge in [0.05, 0.1) is 13.2 Å². The molecule has 0 aliphatic rings. The summed E-state index contributed by atoms with van der Waals surface area (Å²) >= 11 is 0. The second kappa shape index (κ2) is 11.5. The number of ether oxygens (including phenoxy) is 4. The topological polar surface area (TPSA) is 83.1 Å². The molecule has 0 bridgehead atoms. The number of alkyl carbamates (subject to hydrolysis) is 1. The molecule has 1 unspecified atom stereocenters. The summed E-state index contributed by atoms with van der Waals surface area (Å²) in [6.07, 6.45) is -0.725. The van der Waals surface area contributed by atoms with Gasteiger partial charge in [-0.3, -0.25) is 0 Å². The molecule has 0 saturated heterocycles. The molecule has 0 aromatic heterocycles. The molecule has 7 nitrogen and oxygen atoms in total. The highest BCUT2D eigenvalue weighted by atomic mass is 16.6. The number of amides is 1. The number of hydrogen-bond donors (Lipinski definition) is 1. The first-order valence-corrected chi connectivity index (χ1v) is 9.11. The number of carbonyl (C=O) groups excluding carboxylic acids is 2. The van der Waals surface area contributed by atoms with E-state index in [9.17, 15) is 9.59 Å². The molecule has 2 aromatic rings. The van der Waals surface area contributed by atoms with Crippen molar-refractivity contribution in [3.63, 3.8) is 0 Å². The van der Waals surface area contributed by atoms with Crippen molar-refractivity contribution in [2.75, 3.05) is 19.8 Å². The summed E-state index contributed by atoms with van der Waals surface area (Å²) in [6, 6.07) is 15.2. The lowest BCUT2D eigenvalue weighted by atomic mass is 10.2. The Kier molecular flexibility index (Phi) is 8.65. The van der Waals surface area contributed by atoms with Crippen LogP contribution in [-0.2, 0) is 20.9 Å². The molecule has 28 heavy (non-hydrogen) atoms. The fourth-order valence-electron chi connectivity index (χ4n) is 2.30. The van der Waals surface area contributed by atoms with Gasteiger partial charge in [-0.1, -0.05) is 30.3 Å². The molecule has 1 amide bonds. The van der Waals surface area contributed by atoms with Gasteiger partial charge >= 0.3 is 12.1 Å². The maximum atomic E-state index is 12.1. The van der Waals surface area contributed by atoms with Gasteiger partial charge in [0.1, 0.15) is 24.7 Å². The maximum absolute atomic E-state index is 12.1. The van der Waals surface area contributed by atoms with Crippen molar-refractivity contribution in [3.05, 3.63) is 60.2 Å². The molecule has 150 valence electrons. The highest BCUT2D eigenvalue weighted by Gasteiger charge is 2.24. The summed E-state index contributed by atoms with van der Waals surface area (Å²) in [5.74, 6) is 0.668.